The molecule has 106 valence electrons. The molecule has 5 nitrogen and oxygen atoms in total. The lowest BCUT2D eigenvalue weighted by Gasteiger charge is -2.31. The smallest absolute Gasteiger partial charge is 0.393 e. The summed E-state index contributed by atoms with van der Waals surface area (Å²) in [6.07, 6.45) is -3.44. The largest absolute Gasteiger partial charge is 0.433 e. The lowest BCUT2D eigenvalue weighted by Crippen LogP contribution is -2.33. The van der Waals surface area contributed by atoms with Crippen molar-refractivity contribution in [3.05, 3.63) is 11.8 Å². The maximum Gasteiger partial charge on any atom is 0.433 e. The van der Waals surface area contributed by atoms with Crippen molar-refractivity contribution in [2.45, 2.75) is 25.1 Å². The highest BCUT2D eigenvalue weighted by atomic mass is 19.4. The van der Waals surface area contributed by atoms with E-state index in [1.807, 2.05) is 0 Å². The lowest BCUT2D eigenvalue weighted by atomic mass is 9.82. The van der Waals surface area contributed by atoms with E-state index in [1.54, 1.807) is 0 Å². The predicted octanol–water partition coefficient (Wildman–Crippen LogP) is 1.72. The van der Waals surface area contributed by atoms with Crippen LogP contribution in [0.25, 0.3) is 0 Å². The number of nitrogens with one attached hydrogen (secondary N) is 2. The molecule has 19 heavy (non-hydrogen) atoms. The van der Waals surface area contributed by atoms with Crippen molar-refractivity contribution in [2.75, 3.05) is 24.2 Å². The Kier molecular flexibility index (Phi) is 3.79. The van der Waals surface area contributed by atoms with E-state index in [1.165, 1.54) is 7.05 Å². The summed E-state index contributed by atoms with van der Waals surface area (Å²) < 4.78 is 37.9. The molecule has 0 aliphatic heterocycles. The monoisotopic (exact) mass is 276 g/mol. The first-order valence-corrected chi connectivity index (χ1v) is 5.94. The van der Waals surface area contributed by atoms with Gasteiger partial charge in [0.05, 0.1) is 6.10 Å². The molecular weight excluding hydrogens is 261 g/mol. The van der Waals surface area contributed by atoms with Crippen molar-refractivity contribution in [1.82, 2.24) is 9.97 Å². The number of aromatic nitrogens is 2. The average Bonchev–Trinajstić information content (AvgIpc) is 2.31. The second-order valence-electron chi connectivity index (χ2n) is 4.58. The molecule has 1 fully saturated rings. The fourth-order valence-corrected chi connectivity index (χ4v) is 1.91. The van der Waals surface area contributed by atoms with Crippen molar-refractivity contribution in [3.8, 4) is 0 Å². The molecule has 2 rings (SSSR count). The Hall–Kier alpha value is -1.57. The van der Waals surface area contributed by atoms with E-state index in [0.29, 0.717) is 19.4 Å². The number of alkyl halides is 3. The van der Waals surface area contributed by atoms with Crippen LogP contribution in [-0.4, -0.2) is 34.8 Å². The summed E-state index contributed by atoms with van der Waals surface area (Å²) in [6.45, 7) is 0.495. The van der Waals surface area contributed by atoms with Crippen LogP contribution in [0.4, 0.5) is 24.9 Å². The molecule has 1 saturated carbocycles. The first kappa shape index (κ1) is 13.9. The minimum atomic E-state index is -4.50. The summed E-state index contributed by atoms with van der Waals surface area (Å²) in [5.74, 6) is 0.330. The van der Waals surface area contributed by atoms with Crippen molar-refractivity contribution in [3.63, 3.8) is 0 Å². The topological polar surface area (TPSA) is 70.1 Å². The molecule has 1 aliphatic rings. The van der Waals surface area contributed by atoms with Gasteiger partial charge in [0.15, 0.2) is 5.69 Å². The van der Waals surface area contributed by atoms with E-state index in [2.05, 4.69) is 20.6 Å². The van der Waals surface area contributed by atoms with Gasteiger partial charge in [-0.05, 0) is 18.8 Å². The molecule has 0 unspecified atom stereocenters. The number of nitrogens with zero attached hydrogens (tertiary/aromatic N) is 2. The summed E-state index contributed by atoms with van der Waals surface area (Å²) >= 11 is 0. The van der Waals surface area contributed by atoms with Crippen LogP contribution in [0.3, 0.4) is 0 Å². The van der Waals surface area contributed by atoms with Crippen LogP contribution >= 0.6 is 0 Å². The zero-order valence-corrected chi connectivity index (χ0v) is 10.3. The highest BCUT2D eigenvalue weighted by Crippen LogP contribution is 2.30. The van der Waals surface area contributed by atoms with Crippen molar-refractivity contribution >= 4 is 11.8 Å². The quantitative estimate of drug-likeness (QED) is 0.781. The van der Waals surface area contributed by atoms with Gasteiger partial charge in [-0.3, -0.25) is 0 Å². The lowest BCUT2D eigenvalue weighted by molar-refractivity contribution is -0.141. The number of aliphatic hydroxyl groups excluding tert-OH is 1. The van der Waals surface area contributed by atoms with Crippen molar-refractivity contribution in [1.29, 1.82) is 0 Å². The number of hydrogen-bond donors (Lipinski definition) is 3. The second-order valence-corrected chi connectivity index (χ2v) is 4.58. The zero-order chi connectivity index (χ0) is 14.0. The minimum Gasteiger partial charge on any atom is -0.393 e. The van der Waals surface area contributed by atoms with Crippen LogP contribution in [0.1, 0.15) is 18.5 Å². The van der Waals surface area contributed by atoms with Crippen LogP contribution in [0.5, 0.6) is 0 Å². The Balaban J connectivity index is 2.06. The molecule has 1 aromatic rings. The minimum absolute atomic E-state index is 0.0778. The van der Waals surface area contributed by atoms with Gasteiger partial charge >= 0.3 is 6.18 Å². The van der Waals surface area contributed by atoms with E-state index in [4.69, 9.17) is 5.11 Å². The number of anilines is 2. The van der Waals surface area contributed by atoms with Crippen LogP contribution in [-0.2, 0) is 6.18 Å². The predicted molar refractivity (Wildman–Crippen MR) is 63.8 cm³/mol. The molecule has 0 bridgehead atoms. The fourth-order valence-electron chi connectivity index (χ4n) is 1.91. The van der Waals surface area contributed by atoms with Gasteiger partial charge < -0.3 is 15.7 Å². The normalized spacial score (nSPS) is 22.8. The van der Waals surface area contributed by atoms with E-state index in [9.17, 15) is 13.2 Å². The third-order valence-corrected chi connectivity index (χ3v) is 3.02. The first-order valence-electron chi connectivity index (χ1n) is 5.94. The van der Waals surface area contributed by atoms with Crippen LogP contribution in [0, 0.1) is 5.92 Å². The third-order valence-electron chi connectivity index (χ3n) is 3.02. The molecule has 1 aromatic heterocycles. The van der Waals surface area contributed by atoms with Gasteiger partial charge in [-0.25, -0.2) is 4.98 Å². The summed E-state index contributed by atoms with van der Waals surface area (Å²) in [7, 11) is 1.46. The Bertz CT molecular complexity index is 446. The van der Waals surface area contributed by atoms with Crippen molar-refractivity contribution < 1.29 is 18.3 Å². The van der Waals surface area contributed by atoms with Gasteiger partial charge in [0.25, 0.3) is 0 Å². The summed E-state index contributed by atoms with van der Waals surface area (Å²) in [5, 5.41) is 14.5. The molecule has 3 N–H and O–H groups in total. The Morgan fingerprint density at radius 1 is 1.37 bits per heavy atom. The highest BCUT2D eigenvalue weighted by Gasteiger charge is 2.34. The molecular formula is C11H15F3N4O. The van der Waals surface area contributed by atoms with Crippen LogP contribution in [0.15, 0.2) is 6.07 Å². The molecule has 1 heterocycles. The Morgan fingerprint density at radius 3 is 2.58 bits per heavy atom. The zero-order valence-electron chi connectivity index (χ0n) is 10.3. The van der Waals surface area contributed by atoms with E-state index in [0.717, 1.165) is 6.07 Å². The van der Waals surface area contributed by atoms with E-state index >= 15 is 0 Å². The van der Waals surface area contributed by atoms with Gasteiger partial charge in [0.1, 0.15) is 5.82 Å². The Labute approximate surface area is 108 Å². The third kappa shape index (κ3) is 3.46. The molecule has 0 spiro atoms. The molecule has 0 saturated heterocycles. The average molecular weight is 276 g/mol. The molecule has 0 atom stereocenters. The molecule has 0 aromatic carbocycles. The van der Waals surface area contributed by atoms with Crippen LogP contribution in [0.2, 0.25) is 0 Å². The van der Waals surface area contributed by atoms with E-state index < -0.39 is 11.9 Å². The van der Waals surface area contributed by atoms with Crippen LogP contribution < -0.4 is 10.6 Å². The van der Waals surface area contributed by atoms with Gasteiger partial charge in [-0.2, -0.15) is 18.2 Å². The van der Waals surface area contributed by atoms with Gasteiger partial charge in [-0.15, -0.1) is 0 Å². The molecule has 0 amide bonds. The molecule has 1 aliphatic carbocycles. The van der Waals surface area contributed by atoms with Gasteiger partial charge in [-0.1, -0.05) is 0 Å². The maximum atomic E-state index is 12.6. The van der Waals surface area contributed by atoms with Crippen molar-refractivity contribution in [2.24, 2.45) is 5.92 Å². The molecule has 8 heteroatoms. The molecule has 0 radical (unpaired) electrons. The fraction of sp³-hybridized carbons (Fsp3) is 0.636. The Morgan fingerprint density at radius 2 is 2.05 bits per heavy atom. The van der Waals surface area contributed by atoms with Gasteiger partial charge in [0.2, 0.25) is 5.95 Å². The number of aliphatic hydroxyl groups is 1. The second kappa shape index (κ2) is 5.20. The summed E-state index contributed by atoms with van der Waals surface area (Å²) in [6, 6.07) is 0.885. The highest BCUT2D eigenvalue weighted by molar-refractivity contribution is 5.43. The maximum absolute atomic E-state index is 12.6. The summed E-state index contributed by atoms with van der Waals surface area (Å²) in [4.78, 5) is 7.29. The number of hydrogen-bond acceptors (Lipinski definition) is 5. The number of rotatable bonds is 4. The standard InChI is InChI=1S/C11H15F3N4O/c1-15-10-17-8(11(12,13)14)4-9(18-10)16-5-6-2-7(19)3-6/h4,6-7,19H,2-3,5H2,1H3,(H2,15,16,17,18). The first-order chi connectivity index (χ1) is 8.88. The van der Waals surface area contributed by atoms with E-state index in [-0.39, 0.29) is 23.8 Å². The SMILES string of the molecule is CNc1nc(NCC2CC(O)C2)cc(C(F)(F)F)n1. The summed E-state index contributed by atoms with van der Waals surface area (Å²) in [5.41, 5.74) is -0.983. The van der Waals surface area contributed by atoms with Gasteiger partial charge in [0, 0.05) is 19.7 Å². The number of halogens is 3.